The second-order valence-corrected chi connectivity index (χ2v) is 8.78. The number of nitrogens with zero attached hydrogens (tertiary/aromatic N) is 1. The summed E-state index contributed by atoms with van der Waals surface area (Å²) in [6.07, 6.45) is 1.34. The highest BCUT2D eigenvalue weighted by atomic mass is 35.5. The SMILES string of the molecule is CCOc1cc(/C=N/NS(=O)(=O)c2ccccc2)cc(Cl)c1OCc1ccccc1Cl. The molecule has 0 unspecified atom stereocenters. The van der Waals surface area contributed by atoms with E-state index in [2.05, 4.69) is 9.93 Å². The summed E-state index contributed by atoms with van der Waals surface area (Å²) in [6.45, 7) is 2.43. The molecule has 3 aromatic carbocycles. The average Bonchev–Trinajstić information content (AvgIpc) is 2.75. The van der Waals surface area contributed by atoms with Crippen LogP contribution in [0.5, 0.6) is 11.5 Å². The molecule has 3 rings (SSSR count). The maximum Gasteiger partial charge on any atom is 0.276 e. The van der Waals surface area contributed by atoms with E-state index in [4.69, 9.17) is 32.7 Å². The Labute approximate surface area is 191 Å². The molecule has 0 saturated heterocycles. The van der Waals surface area contributed by atoms with Crippen molar-refractivity contribution in [3.05, 3.63) is 87.9 Å². The quantitative estimate of drug-likeness (QED) is 0.335. The lowest BCUT2D eigenvalue weighted by molar-refractivity contribution is 0.269. The van der Waals surface area contributed by atoms with Crippen LogP contribution < -0.4 is 14.3 Å². The summed E-state index contributed by atoms with van der Waals surface area (Å²) in [7, 11) is -3.76. The number of sulfonamides is 1. The van der Waals surface area contributed by atoms with Crippen LogP contribution in [0.1, 0.15) is 18.1 Å². The van der Waals surface area contributed by atoms with Gasteiger partial charge < -0.3 is 9.47 Å². The van der Waals surface area contributed by atoms with Crippen molar-refractivity contribution in [1.29, 1.82) is 0 Å². The summed E-state index contributed by atoms with van der Waals surface area (Å²) in [5.74, 6) is 0.778. The van der Waals surface area contributed by atoms with E-state index >= 15 is 0 Å². The Bertz CT molecular complexity index is 1170. The van der Waals surface area contributed by atoms with Gasteiger partial charge in [-0.05, 0) is 42.8 Å². The molecule has 0 bridgehead atoms. The maximum atomic E-state index is 12.3. The zero-order valence-electron chi connectivity index (χ0n) is 16.6. The van der Waals surface area contributed by atoms with E-state index in [1.807, 2.05) is 25.1 Å². The molecule has 0 saturated carbocycles. The van der Waals surface area contributed by atoms with Gasteiger partial charge in [-0.2, -0.15) is 13.5 Å². The van der Waals surface area contributed by atoms with Gasteiger partial charge in [0.15, 0.2) is 11.5 Å². The molecule has 0 atom stereocenters. The number of nitrogens with one attached hydrogen (secondary N) is 1. The van der Waals surface area contributed by atoms with E-state index in [1.54, 1.807) is 36.4 Å². The molecule has 0 aliphatic carbocycles. The van der Waals surface area contributed by atoms with E-state index in [1.165, 1.54) is 18.3 Å². The predicted octanol–water partition coefficient (Wildman–Crippen LogP) is 5.28. The van der Waals surface area contributed by atoms with Gasteiger partial charge in [0.1, 0.15) is 6.61 Å². The molecule has 0 aliphatic rings. The van der Waals surface area contributed by atoms with Crippen LogP contribution in [0.25, 0.3) is 0 Å². The van der Waals surface area contributed by atoms with Crippen molar-refractivity contribution < 1.29 is 17.9 Å². The summed E-state index contributed by atoms with van der Waals surface area (Å²) in [6, 6.07) is 18.6. The molecular formula is C22H20Cl2N2O4S. The highest BCUT2D eigenvalue weighted by molar-refractivity contribution is 7.89. The zero-order valence-corrected chi connectivity index (χ0v) is 18.9. The molecule has 0 aromatic heterocycles. The number of ether oxygens (including phenoxy) is 2. The van der Waals surface area contributed by atoms with Gasteiger partial charge in [-0.1, -0.05) is 59.6 Å². The predicted molar refractivity (Wildman–Crippen MR) is 123 cm³/mol. The molecule has 162 valence electrons. The third-order valence-electron chi connectivity index (χ3n) is 4.10. The Morgan fingerprint density at radius 2 is 1.68 bits per heavy atom. The van der Waals surface area contributed by atoms with Crippen LogP contribution in [-0.4, -0.2) is 21.2 Å². The Balaban J connectivity index is 1.78. The lowest BCUT2D eigenvalue weighted by Crippen LogP contribution is -2.18. The molecule has 0 spiro atoms. The topological polar surface area (TPSA) is 77.0 Å². The van der Waals surface area contributed by atoms with Crippen molar-refractivity contribution in [2.45, 2.75) is 18.4 Å². The molecule has 3 aromatic rings. The van der Waals surface area contributed by atoms with Gasteiger partial charge in [0.05, 0.1) is 22.7 Å². The second-order valence-electron chi connectivity index (χ2n) is 6.31. The number of hydrogen-bond acceptors (Lipinski definition) is 5. The molecule has 0 aliphatic heterocycles. The number of benzene rings is 3. The lowest BCUT2D eigenvalue weighted by Gasteiger charge is -2.15. The summed E-state index contributed by atoms with van der Waals surface area (Å²) >= 11 is 12.6. The molecule has 31 heavy (non-hydrogen) atoms. The van der Waals surface area contributed by atoms with Gasteiger partial charge in [0.25, 0.3) is 10.0 Å². The first-order valence-electron chi connectivity index (χ1n) is 9.33. The van der Waals surface area contributed by atoms with Gasteiger partial charge in [-0.25, -0.2) is 4.83 Å². The normalized spacial score (nSPS) is 11.5. The van der Waals surface area contributed by atoms with Crippen molar-refractivity contribution in [1.82, 2.24) is 4.83 Å². The summed E-state index contributed by atoms with van der Waals surface area (Å²) in [5, 5.41) is 4.72. The maximum absolute atomic E-state index is 12.3. The van der Waals surface area contributed by atoms with Crippen molar-refractivity contribution >= 4 is 39.4 Å². The van der Waals surface area contributed by atoms with Crippen LogP contribution in [-0.2, 0) is 16.6 Å². The number of rotatable bonds is 9. The van der Waals surface area contributed by atoms with Gasteiger partial charge in [0, 0.05) is 10.6 Å². The van der Waals surface area contributed by atoms with Crippen LogP contribution >= 0.6 is 23.2 Å². The molecule has 0 radical (unpaired) electrons. The fourth-order valence-electron chi connectivity index (χ4n) is 2.65. The first-order valence-corrected chi connectivity index (χ1v) is 11.6. The lowest BCUT2D eigenvalue weighted by atomic mass is 10.2. The van der Waals surface area contributed by atoms with Crippen molar-refractivity contribution in [2.24, 2.45) is 5.10 Å². The van der Waals surface area contributed by atoms with Gasteiger partial charge in [-0.15, -0.1) is 0 Å². The fourth-order valence-corrected chi connectivity index (χ4v) is 3.93. The third kappa shape index (κ3) is 6.13. The zero-order chi connectivity index (χ0) is 22.3. The van der Waals surface area contributed by atoms with Crippen LogP contribution in [0.4, 0.5) is 0 Å². The number of hydrogen-bond donors (Lipinski definition) is 1. The fraction of sp³-hybridized carbons (Fsp3) is 0.136. The van der Waals surface area contributed by atoms with Crippen LogP contribution in [0, 0.1) is 0 Å². The minimum atomic E-state index is -3.76. The van der Waals surface area contributed by atoms with Crippen LogP contribution in [0.3, 0.4) is 0 Å². The summed E-state index contributed by atoms with van der Waals surface area (Å²) in [5.41, 5.74) is 1.35. The standard InChI is InChI=1S/C22H20Cl2N2O4S/c1-2-29-21-13-16(14-25-26-31(27,28)18-9-4-3-5-10-18)12-20(24)22(21)30-15-17-8-6-7-11-19(17)23/h3-14,26H,2,15H2,1H3/b25-14+. The number of hydrazone groups is 1. The summed E-state index contributed by atoms with van der Waals surface area (Å²) < 4.78 is 36.0. The highest BCUT2D eigenvalue weighted by Crippen LogP contribution is 2.37. The highest BCUT2D eigenvalue weighted by Gasteiger charge is 2.14. The Morgan fingerprint density at radius 3 is 2.39 bits per heavy atom. The number of halogens is 2. The van der Waals surface area contributed by atoms with Gasteiger partial charge >= 0.3 is 0 Å². The van der Waals surface area contributed by atoms with E-state index in [0.717, 1.165) is 5.56 Å². The van der Waals surface area contributed by atoms with Gasteiger partial charge in [0.2, 0.25) is 0 Å². The van der Waals surface area contributed by atoms with E-state index in [-0.39, 0.29) is 11.5 Å². The summed E-state index contributed by atoms with van der Waals surface area (Å²) in [4.78, 5) is 2.29. The Morgan fingerprint density at radius 1 is 0.968 bits per heavy atom. The third-order valence-corrected chi connectivity index (χ3v) is 5.99. The molecule has 9 heteroatoms. The molecular weight excluding hydrogens is 459 g/mol. The Kier molecular flexibility index (Phi) is 7.79. The molecule has 6 nitrogen and oxygen atoms in total. The van der Waals surface area contributed by atoms with Crippen LogP contribution in [0.15, 0.2) is 76.7 Å². The Hall–Kier alpha value is -2.74. The molecule has 0 heterocycles. The van der Waals surface area contributed by atoms with E-state index < -0.39 is 10.0 Å². The van der Waals surface area contributed by atoms with Crippen LogP contribution in [0.2, 0.25) is 10.0 Å². The minimum absolute atomic E-state index is 0.114. The monoisotopic (exact) mass is 478 g/mol. The first kappa shape index (κ1) is 22.9. The largest absolute Gasteiger partial charge is 0.490 e. The smallest absolute Gasteiger partial charge is 0.276 e. The van der Waals surface area contributed by atoms with E-state index in [9.17, 15) is 8.42 Å². The van der Waals surface area contributed by atoms with E-state index in [0.29, 0.717) is 33.7 Å². The molecule has 1 N–H and O–H groups in total. The van der Waals surface area contributed by atoms with Crippen molar-refractivity contribution in [3.63, 3.8) is 0 Å². The minimum Gasteiger partial charge on any atom is -0.490 e. The van der Waals surface area contributed by atoms with Crippen molar-refractivity contribution in [2.75, 3.05) is 6.61 Å². The molecule has 0 amide bonds. The molecule has 0 fully saturated rings. The second kappa shape index (κ2) is 10.5. The van der Waals surface area contributed by atoms with Crippen molar-refractivity contribution in [3.8, 4) is 11.5 Å². The van der Waals surface area contributed by atoms with Gasteiger partial charge in [-0.3, -0.25) is 0 Å². The first-order chi connectivity index (χ1) is 14.9. The average molecular weight is 479 g/mol.